The Morgan fingerprint density at radius 3 is 2.07 bits per heavy atom. The smallest absolute Gasteiger partial charge is 0.307 e. The van der Waals surface area contributed by atoms with E-state index < -0.39 is 11.9 Å². The van der Waals surface area contributed by atoms with Gasteiger partial charge >= 0.3 is 5.97 Å². The Morgan fingerprint density at radius 2 is 1.79 bits per heavy atom. The monoisotopic (exact) mass is 200 g/mol. The van der Waals surface area contributed by atoms with Crippen LogP contribution in [0.2, 0.25) is 0 Å². The Balaban J connectivity index is 4.61. The van der Waals surface area contributed by atoms with E-state index in [4.69, 9.17) is 5.11 Å². The van der Waals surface area contributed by atoms with Crippen molar-refractivity contribution < 1.29 is 14.7 Å². The fourth-order valence-corrected chi connectivity index (χ4v) is 1.32. The van der Waals surface area contributed by atoms with Gasteiger partial charge in [0.1, 0.15) is 5.78 Å². The van der Waals surface area contributed by atoms with Gasteiger partial charge < -0.3 is 5.11 Å². The van der Waals surface area contributed by atoms with Crippen LogP contribution in [0.3, 0.4) is 0 Å². The van der Waals surface area contributed by atoms with E-state index >= 15 is 0 Å². The summed E-state index contributed by atoms with van der Waals surface area (Å²) in [6.07, 6.45) is 1.34. The highest BCUT2D eigenvalue weighted by molar-refractivity contribution is 5.84. The van der Waals surface area contributed by atoms with E-state index in [0.29, 0.717) is 6.42 Å². The third-order valence-corrected chi connectivity index (χ3v) is 2.98. The SMILES string of the molecule is CCC(=O)CC(C(=O)O)C(C)(C)CC. The summed E-state index contributed by atoms with van der Waals surface area (Å²) in [5, 5.41) is 9.03. The second-order valence-electron chi connectivity index (χ2n) is 4.33. The van der Waals surface area contributed by atoms with Gasteiger partial charge in [-0.15, -0.1) is 0 Å². The highest BCUT2D eigenvalue weighted by Crippen LogP contribution is 2.33. The summed E-state index contributed by atoms with van der Waals surface area (Å²) >= 11 is 0. The zero-order chi connectivity index (χ0) is 11.4. The van der Waals surface area contributed by atoms with Crippen molar-refractivity contribution in [3.05, 3.63) is 0 Å². The summed E-state index contributed by atoms with van der Waals surface area (Å²) in [5.41, 5.74) is -0.309. The predicted octanol–water partition coefficient (Wildman–Crippen LogP) is 2.49. The van der Waals surface area contributed by atoms with E-state index in [1.807, 2.05) is 20.8 Å². The van der Waals surface area contributed by atoms with Crippen LogP contribution in [-0.2, 0) is 9.59 Å². The molecule has 1 atom stereocenters. The van der Waals surface area contributed by atoms with Crippen molar-refractivity contribution in [2.45, 2.75) is 47.0 Å². The molecule has 0 aromatic carbocycles. The van der Waals surface area contributed by atoms with Crippen LogP contribution in [0.25, 0.3) is 0 Å². The molecule has 1 unspecified atom stereocenters. The van der Waals surface area contributed by atoms with Crippen LogP contribution in [0.15, 0.2) is 0 Å². The van der Waals surface area contributed by atoms with Crippen molar-refractivity contribution in [1.82, 2.24) is 0 Å². The molecule has 0 rings (SSSR count). The number of carbonyl (C=O) groups is 2. The number of carboxylic acid groups (broad SMARTS) is 1. The molecule has 0 aromatic heterocycles. The number of rotatable bonds is 6. The van der Waals surface area contributed by atoms with Gasteiger partial charge in [0.25, 0.3) is 0 Å². The van der Waals surface area contributed by atoms with Crippen LogP contribution >= 0.6 is 0 Å². The number of hydrogen-bond acceptors (Lipinski definition) is 2. The molecule has 0 aliphatic heterocycles. The lowest BCUT2D eigenvalue weighted by molar-refractivity contribution is -0.148. The Bertz CT molecular complexity index is 219. The normalized spacial score (nSPS) is 13.7. The molecule has 0 aliphatic carbocycles. The maximum atomic E-state index is 11.2. The Morgan fingerprint density at radius 1 is 1.29 bits per heavy atom. The minimum Gasteiger partial charge on any atom is -0.481 e. The molecule has 3 heteroatoms. The second kappa shape index (κ2) is 5.13. The minimum atomic E-state index is -0.862. The summed E-state index contributed by atoms with van der Waals surface area (Å²) in [6.45, 7) is 7.51. The molecule has 0 fully saturated rings. The standard InChI is InChI=1S/C11H20O3/c1-5-8(12)7-9(10(13)14)11(3,4)6-2/h9H,5-7H2,1-4H3,(H,13,14). The zero-order valence-electron chi connectivity index (χ0n) is 9.46. The third kappa shape index (κ3) is 3.48. The molecule has 0 spiro atoms. The number of ketones is 1. The van der Waals surface area contributed by atoms with Gasteiger partial charge in [0.2, 0.25) is 0 Å². The van der Waals surface area contributed by atoms with Crippen LogP contribution in [0, 0.1) is 11.3 Å². The largest absolute Gasteiger partial charge is 0.481 e. The molecule has 0 radical (unpaired) electrons. The van der Waals surface area contributed by atoms with E-state index in [2.05, 4.69) is 0 Å². The molecule has 0 aromatic rings. The van der Waals surface area contributed by atoms with E-state index in [9.17, 15) is 9.59 Å². The van der Waals surface area contributed by atoms with Gasteiger partial charge in [-0.05, 0) is 5.41 Å². The third-order valence-electron chi connectivity index (χ3n) is 2.98. The number of hydrogen-bond donors (Lipinski definition) is 1. The van der Waals surface area contributed by atoms with Gasteiger partial charge in [0.05, 0.1) is 5.92 Å². The summed E-state index contributed by atoms with van der Waals surface area (Å²) in [7, 11) is 0. The van der Waals surface area contributed by atoms with Gasteiger partial charge in [-0.1, -0.05) is 34.1 Å². The van der Waals surface area contributed by atoms with Crippen molar-refractivity contribution in [3.63, 3.8) is 0 Å². The van der Waals surface area contributed by atoms with E-state index in [-0.39, 0.29) is 17.6 Å². The lowest BCUT2D eigenvalue weighted by atomic mass is 9.74. The van der Waals surface area contributed by atoms with Crippen molar-refractivity contribution in [2.24, 2.45) is 11.3 Å². The molecular formula is C11H20O3. The molecule has 0 heterocycles. The van der Waals surface area contributed by atoms with Crippen molar-refractivity contribution in [3.8, 4) is 0 Å². The molecule has 0 saturated carbocycles. The lowest BCUT2D eigenvalue weighted by Crippen LogP contribution is -2.32. The summed E-state index contributed by atoms with van der Waals surface area (Å²) in [5.74, 6) is -1.39. The first kappa shape index (κ1) is 13.1. The lowest BCUT2D eigenvalue weighted by Gasteiger charge is -2.29. The van der Waals surface area contributed by atoms with E-state index in [1.54, 1.807) is 6.92 Å². The van der Waals surface area contributed by atoms with Crippen LogP contribution in [-0.4, -0.2) is 16.9 Å². The molecule has 3 nitrogen and oxygen atoms in total. The summed E-state index contributed by atoms with van der Waals surface area (Å²) in [6, 6.07) is 0. The average molecular weight is 200 g/mol. The average Bonchev–Trinajstić information content (AvgIpc) is 2.12. The molecule has 0 aliphatic rings. The van der Waals surface area contributed by atoms with E-state index in [0.717, 1.165) is 6.42 Å². The predicted molar refractivity (Wildman–Crippen MR) is 55.1 cm³/mol. The topological polar surface area (TPSA) is 54.4 Å². The second-order valence-corrected chi connectivity index (χ2v) is 4.33. The number of Topliss-reactive ketones (excluding diaryl/α,β-unsaturated/α-hetero) is 1. The first-order valence-electron chi connectivity index (χ1n) is 5.09. The summed E-state index contributed by atoms with van der Waals surface area (Å²) in [4.78, 5) is 22.2. The van der Waals surface area contributed by atoms with Crippen molar-refractivity contribution in [2.75, 3.05) is 0 Å². The first-order chi connectivity index (χ1) is 6.35. The molecule has 0 saturated heterocycles. The molecule has 14 heavy (non-hydrogen) atoms. The van der Waals surface area contributed by atoms with Crippen LogP contribution in [0.1, 0.15) is 47.0 Å². The van der Waals surface area contributed by atoms with Crippen molar-refractivity contribution in [1.29, 1.82) is 0 Å². The van der Waals surface area contributed by atoms with Gasteiger partial charge in [-0.3, -0.25) is 9.59 Å². The fraction of sp³-hybridized carbons (Fsp3) is 0.818. The van der Waals surface area contributed by atoms with Crippen LogP contribution < -0.4 is 0 Å². The quantitative estimate of drug-likeness (QED) is 0.716. The van der Waals surface area contributed by atoms with E-state index in [1.165, 1.54) is 0 Å². The fourth-order valence-electron chi connectivity index (χ4n) is 1.32. The molecule has 82 valence electrons. The van der Waals surface area contributed by atoms with Gasteiger partial charge in [0.15, 0.2) is 0 Å². The molecule has 0 amide bonds. The number of carboxylic acids is 1. The van der Waals surface area contributed by atoms with Gasteiger partial charge in [-0.25, -0.2) is 0 Å². The number of carbonyl (C=O) groups excluding carboxylic acids is 1. The Hall–Kier alpha value is -0.860. The molecule has 1 N–H and O–H groups in total. The first-order valence-corrected chi connectivity index (χ1v) is 5.09. The Kier molecular flexibility index (Phi) is 4.81. The maximum Gasteiger partial charge on any atom is 0.307 e. The summed E-state index contributed by atoms with van der Waals surface area (Å²) < 4.78 is 0. The molecule has 0 bridgehead atoms. The van der Waals surface area contributed by atoms with Crippen LogP contribution in [0.5, 0.6) is 0 Å². The maximum absolute atomic E-state index is 11.2. The van der Waals surface area contributed by atoms with Crippen LogP contribution in [0.4, 0.5) is 0 Å². The highest BCUT2D eigenvalue weighted by Gasteiger charge is 2.34. The highest BCUT2D eigenvalue weighted by atomic mass is 16.4. The Labute approximate surface area is 85.5 Å². The number of aliphatic carboxylic acids is 1. The minimum absolute atomic E-state index is 0.0268. The van der Waals surface area contributed by atoms with Gasteiger partial charge in [-0.2, -0.15) is 0 Å². The van der Waals surface area contributed by atoms with Gasteiger partial charge in [0, 0.05) is 12.8 Å². The van der Waals surface area contributed by atoms with Crippen molar-refractivity contribution >= 4 is 11.8 Å². The zero-order valence-corrected chi connectivity index (χ0v) is 9.46. The molecular weight excluding hydrogens is 180 g/mol.